The molecule has 1 aromatic carbocycles. The number of nitrogen functional groups attached to an aromatic ring is 1. The summed E-state index contributed by atoms with van der Waals surface area (Å²) in [5.74, 6) is 0.662. The minimum Gasteiger partial charge on any atom is -0.399 e. The van der Waals surface area contributed by atoms with Gasteiger partial charge < -0.3 is 11.1 Å². The molecule has 0 aliphatic carbocycles. The van der Waals surface area contributed by atoms with Crippen LogP contribution in [0, 0.1) is 11.3 Å². The molecule has 0 saturated carbocycles. The van der Waals surface area contributed by atoms with Crippen LogP contribution in [-0.2, 0) is 11.2 Å². The number of hydrogen-bond acceptors (Lipinski definition) is 2. The molecule has 0 aromatic heterocycles. The first-order valence-corrected chi connectivity index (χ1v) is 6.94. The Kier molecular flexibility index (Phi) is 7.66. The Morgan fingerprint density at radius 2 is 1.80 bits per heavy atom. The number of rotatable bonds is 6. The number of amides is 1. The molecule has 114 valence electrons. The Hall–Kier alpha value is -1.22. The Morgan fingerprint density at radius 1 is 1.25 bits per heavy atom. The third-order valence-corrected chi connectivity index (χ3v) is 3.21. The first-order valence-electron chi connectivity index (χ1n) is 6.94. The van der Waals surface area contributed by atoms with E-state index in [2.05, 4.69) is 19.2 Å². The van der Waals surface area contributed by atoms with Gasteiger partial charge in [-0.3, -0.25) is 4.79 Å². The van der Waals surface area contributed by atoms with E-state index < -0.39 is 0 Å². The number of halogens is 1. The van der Waals surface area contributed by atoms with E-state index in [0.29, 0.717) is 12.5 Å². The fourth-order valence-electron chi connectivity index (χ4n) is 2.36. The second-order valence-electron chi connectivity index (χ2n) is 6.23. The molecule has 0 aliphatic heterocycles. The van der Waals surface area contributed by atoms with Crippen LogP contribution in [0.4, 0.5) is 5.69 Å². The fourth-order valence-corrected chi connectivity index (χ4v) is 2.36. The van der Waals surface area contributed by atoms with Crippen molar-refractivity contribution in [3.63, 3.8) is 0 Å². The lowest BCUT2D eigenvalue weighted by Crippen LogP contribution is -2.38. The number of hydrogen-bond donors (Lipinski definition) is 2. The average molecular weight is 299 g/mol. The minimum absolute atomic E-state index is 0. The van der Waals surface area contributed by atoms with Crippen molar-refractivity contribution in [2.24, 2.45) is 11.3 Å². The first kappa shape index (κ1) is 18.8. The summed E-state index contributed by atoms with van der Waals surface area (Å²) >= 11 is 0. The summed E-state index contributed by atoms with van der Waals surface area (Å²) in [6, 6.07) is 7.78. The molecule has 1 amide bonds. The molecule has 0 spiro atoms. The highest BCUT2D eigenvalue weighted by molar-refractivity contribution is 5.85. The number of anilines is 1. The molecule has 0 radical (unpaired) electrons. The summed E-state index contributed by atoms with van der Waals surface area (Å²) < 4.78 is 0. The summed E-state index contributed by atoms with van der Waals surface area (Å²) in [4.78, 5) is 12.1. The number of carbonyl (C=O) groups is 1. The van der Waals surface area contributed by atoms with E-state index in [1.165, 1.54) is 5.56 Å². The van der Waals surface area contributed by atoms with Gasteiger partial charge in [0.2, 0.25) is 5.91 Å². The minimum atomic E-state index is -0.296. The maximum Gasteiger partial charge on any atom is 0.225 e. The summed E-state index contributed by atoms with van der Waals surface area (Å²) in [5.41, 5.74) is 7.30. The summed E-state index contributed by atoms with van der Waals surface area (Å²) in [6.07, 6.45) is 1.74. The second-order valence-corrected chi connectivity index (χ2v) is 6.23. The summed E-state index contributed by atoms with van der Waals surface area (Å²) in [5, 5.41) is 3.02. The molecule has 0 fully saturated rings. The molecule has 0 saturated heterocycles. The quantitative estimate of drug-likeness (QED) is 0.791. The van der Waals surface area contributed by atoms with Crippen molar-refractivity contribution in [3.05, 3.63) is 29.8 Å². The Balaban J connectivity index is 0.00000361. The number of carbonyl (C=O) groups excluding carboxylic acids is 1. The van der Waals surface area contributed by atoms with E-state index in [1.54, 1.807) is 0 Å². The van der Waals surface area contributed by atoms with Crippen LogP contribution >= 0.6 is 12.4 Å². The van der Waals surface area contributed by atoms with Gasteiger partial charge in [-0.1, -0.05) is 39.8 Å². The standard InChI is InChI=1S/C16H26N2O.ClH/c1-12(2)11-16(3,4)15(19)18-10-9-13-5-7-14(17)8-6-13;/h5-8,12H,9-11,17H2,1-4H3,(H,18,19);1H. The molecule has 0 bridgehead atoms. The van der Waals surface area contributed by atoms with Crippen molar-refractivity contribution < 1.29 is 4.79 Å². The van der Waals surface area contributed by atoms with Crippen LogP contribution in [0.15, 0.2) is 24.3 Å². The van der Waals surface area contributed by atoms with Crippen molar-refractivity contribution in [1.82, 2.24) is 5.32 Å². The van der Waals surface area contributed by atoms with Crippen molar-refractivity contribution in [2.75, 3.05) is 12.3 Å². The Morgan fingerprint density at radius 3 is 2.30 bits per heavy atom. The predicted octanol–water partition coefficient (Wildman–Crippen LogP) is 3.42. The normalized spacial score (nSPS) is 11.1. The first-order chi connectivity index (χ1) is 8.81. The highest BCUT2D eigenvalue weighted by Crippen LogP contribution is 2.25. The van der Waals surface area contributed by atoms with E-state index in [9.17, 15) is 4.79 Å². The molecule has 1 rings (SSSR count). The zero-order valence-electron chi connectivity index (χ0n) is 12.9. The van der Waals surface area contributed by atoms with Crippen molar-refractivity contribution in [3.8, 4) is 0 Å². The largest absolute Gasteiger partial charge is 0.399 e. The number of nitrogens with one attached hydrogen (secondary N) is 1. The van der Waals surface area contributed by atoms with Crippen LogP contribution in [0.2, 0.25) is 0 Å². The maximum atomic E-state index is 12.1. The molecule has 1 aromatic rings. The molecule has 0 aliphatic rings. The second kappa shape index (κ2) is 8.15. The third kappa shape index (κ3) is 6.29. The van der Waals surface area contributed by atoms with Crippen LogP contribution in [0.3, 0.4) is 0 Å². The molecular weight excluding hydrogens is 272 g/mol. The van der Waals surface area contributed by atoms with Crippen LogP contribution < -0.4 is 11.1 Å². The van der Waals surface area contributed by atoms with Gasteiger partial charge in [-0.25, -0.2) is 0 Å². The van der Waals surface area contributed by atoms with Gasteiger partial charge in [0.05, 0.1) is 0 Å². The average Bonchev–Trinajstić information content (AvgIpc) is 2.30. The van der Waals surface area contributed by atoms with E-state index in [1.807, 2.05) is 38.1 Å². The topological polar surface area (TPSA) is 55.1 Å². The van der Waals surface area contributed by atoms with Crippen LogP contribution in [0.5, 0.6) is 0 Å². The van der Waals surface area contributed by atoms with Crippen LogP contribution in [0.25, 0.3) is 0 Å². The third-order valence-electron chi connectivity index (χ3n) is 3.21. The van der Waals surface area contributed by atoms with Gasteiger partial charge in [-0.15, -0.1) is 12.4 Å². The number of benzene rings is 1. The van der Waals surface area contributed by atoms with Gasteiger partial charge in [0, 0.05) is 17.6 Å². The molecule has 20 heavy (non-hydrogen) atoms. The molecule has 0 unspecified atom stereocenters. The Labute approximate surface area is 128 Å². The molecule has 0 heterocycles. The Bertz CT molecular complexity index is 413. The monoisotopic (exact) mass is 298 g/mol. The van der Waals surface area contributed by atoms with Gasteiger partial charge in [0.25, 0.3) is 0 Å². The van der Waals surface area contributed by atoms with Crippen molar-refractivity contribution >= 4 is 24.0 Å². The maximum absolute atomic E-state index is 12.1. The predicted molar refractivity (Wildman–Crippen MR) is 88.1 cm³/mol. The summed E-state index contributed by atoms with van der Waals surface area (Å²) in [6.45, 7) is 8.97. The molecule has 4 heteroatoms. The lowest BCUT2D eigenvalue weighted by Gasteiger charge is -2.25. The van der Waals surface area contributed by atoms with Crippen LogP contribution in [-0.4, -0.2) is 12.5 Å². The van der Waals surface area contributed by atoms with E-state index in [-0.39, 0.29) is 23.7 Å². The zero-order valence-corrected chi connectivity index (χ0v) is 13.7. The highest BCUT2D eigenvalue weighted by atomic mass is 35.5. The van der Waals surface area contributed by atoms with Gasteiger partial charge >= 0.3 is 0 Å². The van der Waals surface area contributed by atoms with Gasteiger partial charge in [0.15, 0.2) is 0 Å². The van der Waals surface area contributed by atoms with Crippen molar-refractivity contribution in [1.29, 1.82) is 0 Å². The van der Waals surface area contributed by atoms with Gasteiger partial charge in [-0.2, -0.15) is 0 Å². The fraction of sp³-hybridized carbons (Fsp3) is 0.562. The van der Waals surface area contributed by atoms with Gasteiger partial charge in [0.1, 0.15) is 0 Å². The van der Waals surface area contributed by atoms with E-state index in [0.717, 1.165) is 18.5 Å². The molecule has 0 atom stereocenters. The highest BCUT2D eigenvalue weighted by Gasteiger charge is 2.27. The SMILES string of the molecule is CC(C)CC(C)(C)C(=O)NCCc1ccc(N)cc1.Cl. The number of nitrogens with two attached hydrogens (primary N) is 1. The molecular formula is C16H27ClN2O. The lowest BCUT2D eigenvalue weighted by molar-refractivity contribution is -0.130. The molecule has 3 nitrogen and oxygen atoms in total. The van der Waals surface area contributed by atoms with Gasteiger partial charge in [-0.05, 0) is 36.5 Å². The van der Waals surface area contributed by atoms with Crippen LogP contribution in [0.1, 0.15) is 39.7 Å². The van der Waals surface area contributed by atoms with E-state index >= 15 is 0 Å². The smallest absolute Gasteiger partial charge is 0.225 e. The van der Waals surface area contributed by atoms with E-state index in [4.69, 9.17) is 5.73 Å². The van der Waals surface area contributed by atoms with Crippen molar-refractivity contribution in [2.45, 2.75) is 40.5 Å². The molecule has 3 N–H and O–H groups in total. The zero-order chi connectivity index (χ0) is 14.5. The summed E-state index contributed by atoms with van der Waals surface area (Å²) in [7, 11) is 0. The lowest BCUT2D eigenvalue weighted by atomic mass is 9.83.